The summed E-state index contributed by atoms with van der Waals surface area (Å²) in [5.41, 5.74) is 6.62. The van der Waals surface area contributed by atoms with Gasteiger partial charge >= 0.3 is 0 Å². The minimum Gasteiger partial charge on any atom is -0.368 e. The monoisotopic (exact) mass is 235 g/mol. The van der Waals surface area contributed by atoms with Gasteiger partial charge in [0.2, 0.25) is 5.95 Å². The average molecular weight is 235 g/mol. The maximum atomic E-state index is 5.58. The second-order valence-corrected chi connectivity index (χ2v) is 4.73. The van der Waals surface area contributed by atoms with Crippen molar-refractivity contribution in [2.75, 3.05) is 30.7 Å². The van der Waals surface area contributed by atoms with Gasteiger partial charge in [-0.3, -0.25) is 4.90 Å². The van der Waals surface area contributed by atoms with E-state index in [1.54, 1.807) is 6.20 Å². The Bertz CT molecular complexity index is 373. The van der Waals surface area contributed by atoms with Gasteiger partial charge in [-0.25, -0.2) is 4.98 Å². The van der Waals surface area contributed by atoms with E-state index in [9.17, 15) is 0 Å². The van der Waals surface area contributed by atoms with Crippen LogP contribution in [0.15, 0.2) is 6.20 Å². The van der Waals surface area contributed by atoms with E-state index >= 15 is 0 Å². The molecule has 1 aliphatic heterocycles. The quantitative estimate of drug-likeness (QED) is 0.822. The third-order valence-corrected chi connectivity index (χ3v) is 3.32. The summed E-state index contributed by atoms with van der Waals surface area (Å²) in [6.45, 7) is 7.57. The van der Waals surface area contributed by atoms with Crippen molar-refractivity contribution in [3.8, 4) is 0 Å². The molecule has 17 heavy (non-hydrogen) atoms. The summed E-state index contributed by atoms with van der Waals surface area (Å²) in [4.78, 5) is 10.7. The highest BCUT2D eigenvalue weighted by molar-refractivity contribution is 5.45. The van der Waals surface area contributed by atoms with Crippen LogP contribution in [0.1, 0.15) is 25.3 Å². The number of anilines is 2. The Kier molecular flexibility index (Phi) is 3.78. The van der Waals surface area contributed by atoms with Crippen molar-refractivity contribution in [2.24, 2.45) is 0 Å². The van der Waals surface area contributed by atoms with Crippen LogP contribution in [0.3, 0.4) is 0 Å². The normalized spacial score (nSPS) is 18.2. The summed E-state index contributed by atoms with van der Waals surface area (Å²) in [6, 6.07) is 0.535. The second kappa shape index (κ2) is 5.31. The molecule has 0 amide bonds. The number of nitrogens with one attached hydrogen (secondary N) is 1. The van der Waals surface area contributed by atoms with Crippen LogP contribution in [0.5, 0.6) is 0 Å². The summed E-state index contributed by atoms with van der Waals surface area (Å²) in [5, 5.41) is 3.36. The van der Waals surface area contributed by atoms with Crippen LogP contribution < -0.4 is 11.1 Å². The lowest BCUT2D eigenvalue weighted by Gasteiger charge is -2.24. The van der Waals surface area contributed by atoms with E-state index in [1.165, 1.54) is 25.9 Å². The molecule has 0 aliphatic carbocycles. The van der Waals surface area contributed by atoms with Gasteiger partial charge in [-0.2, -0.15) is 4.98 Å². The number of hydrogen-bond acceptors (Lipinski definition) is 5. The standard InChI is InChI=1S/C12H21N5/c1-9-7-15-12(13)16-11(9)14-8-10(2)17-5-3-4-6-17/h7,10H,3-6,8H2,1-2H3,(H3,13,14,15,16). The Morgan fingerprint density at radius 1 is 1.47 bits per heavy atom. The molecule has 1 fully saturated rings. The molecular weight excluding hydrogens is 214 g/mol. The summed E-state index contributed by atoms with van der Waals surface area (Å²) in [6.07, 6.45) is 4.40. The Labute approximate surface area is 102 Å². The number of aryl methyl sites for hydroxylation is 1. The maximum absolute atomic E-state index is 5.58. The first kappa shape index (κ1) is 12.1. The van der Waals surface area contributed by atoms with Crippen molar-refractivity contribution >= 4 is 11.8 Å². The lowest BCUT2D eigenvalue weighted by molar-refractivity contribution is 0.269. The first-order valence-electron chi connectivity index (χ1n) is 6.24. The first-order chi connectivity index (χ1) is 8.16. The predicted molar refractivity (Wildman–Crippen MR) is 69.9 cm³/mol. The molecule has 1 atom stereocenters. The summed E-state index contributed by atoms with van der Waals surface area (Å²) < 4.78 is 0. The highest BCUT2D eigenvalue weighted by Gasteiger charge is 2.17. The summed E-state index contributed by atoms with van der Waals surface area (Å²) in [7, 11) is 0. The van der Waals surface area contributed by atoms with Gasteiger partial charge in [0.05, 0.1) is 0 Å². The highest BCUT2D eigenvalue weighted by atomic mass is 15.2. The van der Waals surface area contributed by atoms with Crippen LogP contribution in [0.25, 0.3) is 0 Å². The van der Waals surface area contributed by atoms with E-state index in [0.29, 0.717) is 12.0 Å². The fourth-order valence-electron chi connectivity index (χ4n) is 2.19. The zero-order valence-corrected chi connectivity index (χ0v) is 10.6. The van der Waals surface area contributed by atoms with Crippen LogP contribution in [0, 0.1) is 6.92 Å². The summed E-state index contributed by atoms with van der Waals surface area (Å²) >= 11 is 0. The Balaban J connectivity index is 1.90. The second-order valence-electron chi connectivity index (χ2n) is 4.73. The van der Waals surface area contributed by atoms with Gasteiger partial charge in [-0.1, -0.05) is 0 Å². The van der Waals surface area contributed by atoms with Crippen molar-refractivity contribution in [2.45, 2.75) is 32.7 Å². The third kappa shape index (κ3) is 3.06. The topological polar surface area (TPSA) is 67.1 Å². The Hall–Kier alpha value is -1.36. The molecule has 2 rings (SSSR count). The highest BCUT2D eigenvalue weighted by Crippen LogP contribution is 2.14. The van der Waals surface area contributed by atoms with Crippen molar-refractivity contribution in [1.82, 2.24) is 14.9 Å². The van der Waals surface area contributed by atoms with E-state index in [2.05, 4.69) is 27.1 Å². The minimum atomic E-state index is 0.326. The Morgan fingerprint density at radius 3 is 2.88 bits per heavy atom. The molecule has 1 aromatic rings. The number of likely N-dealkylation sites (tertiary alicyclic amines) is 1. The average Bonchev–Trinajstić information content (AvgIpc) is 2.83. The molecule has 0 aromatic carbocycles. The smallest absolute Gasteiger partial charge is 0.221 e. The lowest BCUT2D eigenvalue weighted by atomic mass is 10.3. The zero-order valence-electron chi connectivity index (χ0n) is 10.6. The van der Waals surface area contributed by atoms with Crippen LogP contribution in [0.2, 0.25) is 0 Å². The molecule has 0 spiro atoms. The van der Waals surface area contributed by atoms with Crippen LogP contribution in [-0.4, -0.2) is 40.5 Å². The SMILES string of the molecule is Cc1cnc(N)nc1NCC(C)N1CCCC1. The maximum Gasteiger partial charge on any atom is 0.221 e. The number of hydrogen-bond donors (Lipinski definition) is 2. The molecular formula is C12H21N5. The third-order valence-electron chi connectivity index (χ3n) is 3.32. The van der Waals surface area contributed by atoms with Crippen molar-refractivity contribution in [3.63, 3.8) is 0 Å². The van der Waals surface area contributed by atoms with Crippen LogP contribution >= 0.6 is 0 Å². The van der Waals surface area contributed by atoms with Crippen LogP contribution in [-0.2, 0) is 0 Å². The van der Waals surface area contributed by atoms with E-state index in [-0.39, 0.29) is 0 Å². The van der Waals surface area contributed by atoms with Gasteiger partial charge in [0.15, 0.2) is 0 Å². The van der Waals surface area contributed by atoms with Gasteiger partial charge in [0, 0.05) is 24.3 Å². The predicted octanol–water partition coefficient (Wildman–Crippen LogP) is 1.26. The molecule has 1 aliphatic rings. The molecule has 1 unspecified atom stereocenters. The molecule has 1 saturated heterocycles. The van der Waals surface area contributed by atoms with E-state index in [1.807, 2.05) is 6.92 Å². The van der Waals surface area contributed by atoms with Gasteiger partial charge in [0.1, 0.15) is 5.82 Å². The molecule has 0 saturated carbocycles. The fraction of sp³-hybridized carbons (Fsp3) is 0.667. The number of nitrogens with two attached hydrogens (primary N) is 1. The molecule has 5 heteroatoms. The van der Waals surface area contributed by atoms with Crippen LogP contribution in [0.4, 0.5) is 11.8 Å². The van der Waals surface area contributed by atoms with Gasteiger partial charge < -0.3 is 11.1 Å². The first-order valence-corrected chi connectivity index (χ1v) is 6.24. The van der Waals surface area contributed by atoms with Crippen molar-refractivity contribution in [3.05, 3.63) is 11.8 Å². The largest absolute Gasteiger partial charge is 0.368 e. The summed E-state index contributed by atoms with van der Waals surface area (Å²) in [5.74, 6) is 1.18. The lowest BCUT2D eigenvalue weighted by Crippen LogP contribution is -2.35. The van der Waals surface area contributed by atoms with E-state index < -0.39 is 0 Å². The number of nitrogen functional groups attached to an aromatic ring is 1. The number of rotatable bonds is 4. The molecule has 0 radical (unpaired) electrons. The number of aromatic nitrogens is 2. The van der Waals surface area contributed by atoms with Gasteiger partial charge in [-0.05, 0) is 39.8 Å². The number of nitrogens with zero attached hydrogens (tertiary/aromatic N) is 3. The molecule has 3 N–H and O–H groups in total. The van der Waals surface area contributed by atoms with Gasteiger partial charge in [-0.15, -0.1) is 0 Å². The fourth-order valence-corrected chi connectivity index (χ4v) is 2.19. The molecule has 2 heterocycles. The molecule has 5 nitrogen and oxygen atoms in total. The van der Waals surface area contributed by atoms with Crippen molar-refractivity contribution < 1.29 is 0 Å². The van der Waals surface area contributed by atoms with Crippen molar-refractivity contribution in [1.29, 1.82) is 0 Å². The van der Waals surface area contributed by atoms with E-state index in [4.69, 9.17) is 5.73 Å². The zero-order chi connectivity index (χ0) is 12.3. The Morgan fingerprint density at radius 2 is 2.18 bits per heavy atom. The van der Waals surface area contributed by atoms with E-state index in [0.717, 1.165) is 17.9 Å². The molecule has 94 valence electrons. The van der Waals surface area contributed by atoms with Gasteiger partial charge in [0.25, 0.3) is 0 Å². The molecule has 0 bridgehead atoms. The molecule has 1 aromatic heterocycles. The minimum absolute atomic E-state index is 0.326.